The Labute approximate surface area is 91.0 Å². The van der Waals surface area contributed by atoms with Gasteiger partial charge < -0.3 is 5.11 Å². The number of aliphatic hydroxyl groups is 1. The van der Waals surface area contributed by atoms with Crippen LogP contribution >= 0.6 is 0 Å². The molecule has 0 spiro atoms. The average Bonchev–Trinajstić information content (AvgIpc) is 2.20. The molecular weight excluding hydrogens is 194 g/mol. The molecule has 0 bridgehead atoms. The summed E-state index contributed by atoms with van der Waals surface area (Å²) in [4.78, 5) is 14.8. The number of nitrogens with zero attached hydrogens (tertiary/aromatic N) is 3. The Morgan fingerprint density at radius 2 is 1.60 bits per heavy atom. The van der Waals surface area contributed by atoms with Crippen LogP contribution in [0.1, 0.15) is 13.8 Å². The van der Waals surface area contributed by atoms with Gasteiger partial charge in [0.15, 0.2) is 0 Å². The van der Waals surface area contributed by atoms with Crippen LogP contribution in [-0.4, -0.2) is 66.3 Å². The fourth-order valence-electron chi connectivity index (χ4n) is 1.94. The van der Waals surface area contributed by atoms with Crippen LogP contribution in [0, 0.1) is 4.91 Å². The molecule has 0 aromatic heterocycles. The summed E-state index contributed by atoms with van der Waals surface area (Å²) in [6.07, 6.45) is -0.257. The highest BCUT2D eigenvalue weighted by molar-refractivity contribution is 4.75. The molecule has 1 aliphatic heterocycles. The molecule has 1 N–H and O–H groups in total. The second kappa shape index (κ2) is 6.15. The lowest BCUT2D eigenvalue weighted by Gasteiger charge is -2.35. The smallest absolute Gasteiger partial charge is 0.102 e. The van der Waals surface area contributed by atoms with Gasteiger partial charge in [-0.3, -0.25) is 9.80 Å². The molecule has 0 amide bonds. The highest BCUT2D eigenvalue weighted by Gasteiger charge is 2.19. The van der Waals surface area contributed by atoms with Crippen LogP contribution in [0.15, 0.2) is 5.18 Å². The summed E-state index contributed by atoms with van der Waals surface area (Å²) >= 11 is 0. The van der Waals surface area contributed by atoms with E-state index in [1.807, 2.05) is 13.8 Å². The lowest BCUT2D eigenvalue weighted by Crippen LogP contribution is -2.49. The minimum Gasteiger partial charge on any atom is -0.392 e. The van der Waals surface area contributed by atoms with Crippen LogP contribution < -0.4 is 0 Å². The van der Waals surface area contributed by atoms with Gasteiger partial charge in [-0.05, 0) is 13.8 Å². The topological polar surface area (TPSA) is 56.1 Å². The van der Waals surface area contributed by atoms with Crippen LogP contribution in [0.5, 0.6) is 0 Å². The third kappa shape index (κ3) is 4.68. The average molecular weight is 215 g/mol. The zero-order valence-corrected chi connectivity index (χ0v) is 9.59. The molecular formula is C10H21N3O2. The van der Waals surface area contributed by atoms with Crippen molar-refractivity contribution in [2.45, 2.75) is 26.0 Å². The number of rotatable bonds is 5. The predicted molar refractivity (Wildman–Crippen MR) is 59.8 cm³/mol. The molecule has 0 aromatic rings. The molecule has 1 aliphatic rings. The molecule has 2 atom stereocenters. The van der Waals surface area contributed by atoms with Crippen molar-refractivity contribution < 1.29 is 5.11 Å². The Kier molecular flexibility index (Phi) is 5.14. The first kappa shape index (κ1) is 12.5. The first-order valence-electron chi connectivity index (χ1n) is 5.57. The van der Waals surface area contributed by atoms with Crippen molar-refractivity contribution in [2.75, 3.05) is 39.3 Å². The van der Waals surface area contributed by atoms with E-state index in [-0.39, 0.29) is 12.1 Å². The monoisotopic (exact) mass is 215 g/mol. The van der Waals surface area contributed by atoms with Crippen molar-refractivity contribution in [1.82, 2.24) is 9.80 Å². The Morgan fingerprint density at radius 3 is 2.00 bits per heavy atom. The highest BCUT2D eigenvalue weighted by Crippen LogP contribution is 2.04. The summed E-state index contributed by atoms with van der Waals surface area (Å²) < 4.78 is 0. The number of hydrogen-bond acceptors (Lipinski definition) is 5. The number of hydrogen-bond donors (Lipinski definition) is 1. The van der Waals surface area contributed by atoms with Gasteiger partial charge in [-0.2, -0.15) is 4.91 Å². The lowest BCUT2D eigenvalue weighted by atomic mass is 10.2. The number of piperazine rings is 1. The van der Waals surface area contributed by atoms with E-state index in [0.717, 1.165) is 39.3 Å². The highest BCUT2D eigenvalue weighted by atomic mass is 16.3. The molecule has 88 valence electrons. The number of β-amino-alcohol motifs (C(OH)–C–C–N with tert-alkyl or cyclic N) is 1. The van der Waals surface area contributed by atoms with E-state index in [0.29, 0.717) is 0 Å². The maximum atomic E-state index is 10.3. The van der Waals surface area contributed by atoms with Crippen molar-refractivity contribution in [3.63, 3.8) is 0 Å². The minimum absolute atomic E-state index is 0.117. The molecule has 5 heteroatoms. The van der Waals surface area contributed by atoms with Crippen molar-refractivity contribution in [2.24, 2.45) is 5.18 Å². The molecule has 1 rings (SSSR count). The Bertz CT molecular complexity index is 191. The van der Waals surface area contributed by atoms with E-state index in [1.165, 1.54) is 0 Å². The molecule has 0 saturated carbocycles. The summed E-state index contributed by atoms with van der Waals surface area (Å²) in [5.41, 5.74) is 0. The Balaban J connectivity index is 2.20. The zero-order valence-electron chi connectivity index (χ0n) is 9.59. The molecule has 15 heavy (non-hydrogen) atoms. The van der Waals surface area contributed by atoms with Gasteiger partial charge in [0.25, 0.3) is 0 Å². The SMILES string of the molecule is CC(O)CN1CCN(CC(C)N=O)CC1. The van der Waals surface area contributed by atoms with E-state index in [9.17, 15) is 10.0 Å². The summed E-state index contributed by atoms with van der Waals surface area (Å²) in [5.74, 6) is 0. The Morgan fingerprint density at radius 1 is 1.13 bits per heavy atom. The zero-order chi connectivity index (χ0) is 11.3. The second-order valence-corrected chi connectivity index (χ2v) is 4.40. The molecule has 0 radical (unpaired) electrons. The summed E-state index contributed by atoms with van der Waals surface area (Å²) in [6, 6.07) is -0.117. The lowest BCUT2D eigenvalue weighted by molar-refractivity contribution is 0.0792. The van der Waals surface area contributed by atoms with E-state index >= 15 is 0 Å². The van der Waals surface area contributed by atoms with E-state index in [2.05, 4.69) is 15.0 Å². The van der Waals surface area contributed by atoms with Gasteiger partial charge in [0, 0.05) is 39.3 Å². The molecule has 2 unspecified atom stereocenters. The van der Waals surface area contributed by atoms with Crippen LogP contribution in [0.4, 0.5) is 0 Å². The first-order chi connectivity index (χ1) is 7.11. The van der Waals surface area contributed by atoms with Crippen LogP contribution in [0.25, 0.3) is 0 Å². The molecule has 5 nitrogen and oxygen atoms in total. The fraction of sp³-hybridized carbons (Fsp3) is 1.00. The van der Waals surface area contributed by atoms with Crippen LogP contribution in [-0.2, 0) is 0 Å². The van der Waals surface area contributed by atoms with E-state index < -0.39 is 0 Å². The van der Waals surface area contributed by atoms with Gasteiger partial charge in [-0.25, -0.2) is 0 Å². The van der Waals surface area contributed by atoms with Gasteiger partial charge in [-0.1, -0.05) is 5.18 Å². The number of aliphatic hydroxyl groups excluding tert-OH is 1. The largest absolute Gasteiger partial charge is 0.392 e. The molecule has 1 heterocycles. The van der Waals surface area contributed by atoms with Gasteiger partial charge in [-0.15, -0.1) is 0 Å². The van der Waals surface area contributed by atoms with Crippen LogP contribution in [0.2, 0.25) is 0 Å². The van der Waals surface area contributed by atoms with Gasteiger partial charge >= 0.3 is 0 Å². The molecule has 1 fully saturated rings. The third-order valence-electron chi connectivity index (χ3n) is 2.69. The van der Waals surface area contributed by atoms with Crippen molar-refractivity contribution in [3.8, 4) is 0 Å². The summed E-state index contributed by atoms with van der Waals surface area (Å²) in [7, 11) is 0. The minimum atomic E-state index is -0.257. The predicted octanol–water partition coefficient (Wildman–Crippen LogP) is 0.140. The quantitative estimate of drug-likeness (QED) is 0.663. The van der Waals surface area contributed by atoms with E-state index in [4.69, 9.17) is 0 Å². The first-order valence-corrected chi connectivity index (χ1v) is 5.57. The normalized spacial score (nSPS) is 23.7. The second-order valence-electron chi connectivity index (χ2n) is 4.40. The number of nitroso groups, excluding NO2 is 1. The van der Waals surface area contributed by atoms with Gasteiger partial charge in [0.1, 0.15) is 6.04 Å². The van der Waals surface area contributed by atoms with Crippen molar-refractivity contribution in [1.29, 1.82) is 0 Å². The van der Waals surface area contributed by atoms with E-state index in [1.54, 1.807) is 0 Å². The van der Waals surface area contributed by atoms with Gasteiger partial charge in [0.05, 0.1) is 6.10 Å². The molecule has 1 saturated heterocycles. The molecule has 0 aromatic carbocycles. The summed E-state index contributed by atoms with van der Waals surface area (Å²) in [6.45, 7) is 9.02. The summed E-state index contributed by atoms with van der Waals surface area (Å²) in [5, 5.41) is 12.2. The standard InChI is InChI=1S/C10H21N3O2/c1-9(11-15)7-12-3-5-13(6-4-12)8-10(2)14/h9-10,14H,3-8H2,1-2H3. The Hall–Kier alpha value is -0.520. The maximum Gasteiger partial charge on any atom is 0.102 e. The van der Waals surface area contributed by atoms with Crippen molar-refractivity contribution in [3.05, 3.63) is 4.91 Å². The fourth-order valence-corrected chi connectivity index (χ4v) is 1.94. The van der Waals surface area contributed by atoms with Gasteiger partial charge in [0.2, 0.25) is 0 Å². The van der Waals surface area contributed by atoms with Crippen molar-refractivity contribution >= 4 is 0 Å². The molecule has 0 aliphatic carbocycles. The van der Waals surface area contributed by atoms with Crippen LogP contribution in [0.3, 0.4) is 0 Å². The third-order valence-corrected chi connectivity index (χ3v) is 2.69. The maximum absolute atomic E-state index is 10.3.